The van der Waals surface area contributed by atoms with Crippen molar-refractivity contribution in [2.75, 3.05) is 0 Å². The van der Waals surface area contributed by atoms with Crippen LogP contribution in [-0.2, 0) is 10.1 Å². The predicted octanol–water partition coefficient (Wildman–Crippen LogP) is 3.65. The number of aryl methyl sites for hydroxylation is 1. The van der Waals surface area contributed by atoms with Crippen molar-refractivity contribution in [2.24, 2.45) is 10.2 Å². The van der Waals surface area contributed by atoms with Crippen molar-refractivity contribution >= 4 is 32.3 Å². The van der Waals surface area contributed by atoms with E-state index >= 15 is 0 Å². The maximum absolute atomic E-state index is 12.7. The van der Waals surface area contributed by atoms with Crippen molar-refractivity contribution in [1.29, 1.82) is 0 Å². The number of nitrogens with one attached hydrogen (secondary N) is 1. The molecule has 1 heterocycles. The minimum atomic E-state index is -4.82. The summed E-state index contributed by atoms with van der Waals surface area (Å²) in [5, 5.41) is 21.5. The van der Waals surface area contributed by atoms with Gasteiger partial charge in [0.1, 0.15) is 21.6 Å². The summed E-state index contributed by atoms with van der Waals surface area (Å²) >= 11 is 0. The zero-order valence-electron chi connectivity index (χ0n) is 15.6. The molecule has 1 aromatic heterocycles. The molecule has 0 aliphatic heterocycles. The Hall–Kier alpha value is -3.76. The van der Waals surface area contributed by atoms with Crippen LogP contribution in [0.1, 0.15) is 5.69 Å². The fourth-order valence-electron chi connectivity index (χ4n) is 3.14. The van der Waals surface area contributed by atoms with Gasteiger partial charge < -0.3 is 9.66 Å². The summed E-state index contributed by atoms with van der Waals surface area (Å²) in [5.74, 6) is -0.538. The van der Waals surface area contributed by atoms with Gasteiger partial charge in [0.05, 0.1) is 16.3 Å². The number of aromatic nitrogens is 2. The van der Waals surface area contributed by atoms with Crippen LogP contribution in [0.5, 0.6) is 5.75 Å². The summed E-state index contributed by atoms with van der Waals surface area (Å²) in [7, 11) is -4.82. The Kier molecular flexibility index (Phi) is 4.72. The third kappa shape index (κ3) is 3.38. The lowest BCUT2D eigenvalue weighted by Crippen LogP contribution is -2.13. The summed E-state index contributed by atoms with van der Waals surface area (Å²) in [6.45, 7) is 1.65. The summed E-state index contributed by atoms with van der Waals surface area (Å²) in [6.07, 6.45) is 0. The lowest BCUT2D eigenvalue weighted by atomic mass is 10.1. The van der Waals surface area contributed by atoms with E-state index in [1.165, 1.54) is 16.8 Å². The van der Waals surface area contributed by atoms with Gasteiger partial charge in [0.2, 0.25) is 0 Å². The van der Waals surface area contributed by atoms with Crippen LogP contribution in [0.25, 0.3) is 16.5 Å². The van der Waals surface area contributed by atoms with Crippen LogP contribution in [0.2, 0.25) is 0 Å². The van der Waals surface area contributed by atoms with Crippen molar-refractivity contribution in [3.05, 3.63) is 76.7 Å². The first-order chi connectivity index (χ1) is 14.3. The third-order valence-electron chi connectivity index (χ3n) is 4.53. The molecule has 0 unspecified atom stereocenters. The molecule has 0 saturated carbocycles. The first kappa shape index (κ1) is 19.6. The number of H-pyrrole nitrogens is 1. The molecule has 4 rings (SSSR count). The molecule has 0 aliphatic carbocycles. The molecule has 0 atom stereocenters. The van der Waals surface area contributed by atoms with Crippen LogP contribution in [0.3, 0.4) is 0 Å². The van der Waals surface area contributed by atoms with Gasteiger partial charge in [0, 0.05) is 16.8 Å². The average molecular weight is 423 g/mol. The molecule has 30 heavy (non-hydrogen) atoms. The van der Waals surface area contributed by atoms with E-state index in [1.807, 2.05) is 6.07 Å². The van der Waals surface area contributed by atoms with E-state index in [-0.39, 0.29) is 22.1 Å². The Morgan fingerprint density at radius 1 is 0.967 bits per heavy atom. The number of para-hydroxylation sites is 1. The molecule has 3 aromatic carbocycles. The maximum Gasteiger partial charge on any atom is 0.299 e. The smallest absolute Gasteiger partial charge is 0.299 e. The second-order valence-electron chi connectivity index (χ2n) is 6.50. The zero-order chi connectivity index (χ0) is 21.5. The fourth-order valence-corrected chi connectivity index (χ4v) is 3.84. The van der Waals surface area contributed by atoms with E-state index in [4.69, 9.17) is 0 Å². The molecule has 0 fully saturated rings. The molecule has 0 amide bonds. The highest BCUT2D eigenvalue weighted by Crippen LogP contribution is 2.39. The molecule has 152 valence electrons. The standard InChI is InChI=1S/C20H16N4O5S/c1-12-18(20(26)24(23-12)13-7-3-2-4-8-13)21-22-19-15-10-6-5-9-14(15)17(11-16(19)25)30(27,28)29/h2-11,23,25H,1H3,(H,27,28,29)/p-1. The molecule has 2 N–H and O–H groups in total. The average Bonchev–Trinajstić information content (AvgIpc) is 3.00. The number of benzene rings is 3. The van der Waals surface area contributed by atoms with Gasteiger partial charge in [-0.2, -0.15) is 0 Å². The highest BCUT2D eigenvalue weighted by molar-refractivity contribution is 7.86. The van der Waals surface area contributed by atoms with Crippen LogP contribution in [0.15, 0.2) is 80.6 Å². The van der Waals surface area contributed by atoms with Crippen molar-refractivity contribution in [3.8, 4) is 11.4 Å². The van der Waals surface area contributed by atoms with Gasteiger partial charge in [-0.05, 0) is 19.1 Å². The lowest BCUT2D eigenvalue weighted by Gasteiger charge is -2.13. The number of aromatic amines is 1. The van der Waals surface area contributed by atoms with Gasteiger partial charge in [0.25, 0.3) is 5.56 Å². The molecule has 9 nitrogen and oxygen atoms in total. The quantitative estimate of drug-likeness (QED) is 0.381. The first-order valence-corrected chi connectivity index (χ1v) is 10.2. The number of azo groups is 1. The second-order valence-corrected chi connectivity index (χ2v) is 7.85. The largest absolute Gasteiger partial charge is 0.744 e. The number of hydrogen-bond acceptors (Lipinski definition) is 7. The van der Waals surface area contributed by atoms with Crippen LogP contribution in [0, 0.1) is 6.92 Å². The van der Waals surface area contributed by atoms with Gasteiger partial charge in [-0.1, -0.05) is 42.5 Å². The Morgan fingerprint density at radius 3 is 2.23 bits per heavy atom. The summed E-state index contributed by atoms with van der Waals surface area (Å²) < 4.78 is 36.0. The van der Waals surface area contributed by atoms with Crippen LogP contribution >= 0.6 is 0 Å². The molecular formula is C20H15N4O5S-. The number of rotatable bonds is 4. The Bertz CT molecular complexity index is 1450. The number of hydrogen-bond donors (Lipinski definition) is 2. The number of aromatic hydroxyl groups is 1. The Labute approximate surface area is 170 Å². The molecule has 4 aromatic rings. The summed E-state index contributed by atoms with van der Waals surface area (Å²) in [6, 6.07) is 15.8. The van der Waals surface area contributed by atoms with Crippen molar-refractivity contribution in [1.82, 2.24) is 9.78 Å². The van der Waals surface area contributed by atoms with Crippen LogP contribution < -0.4 is 5.56 Å². The maximum atomic E-state index is 12.7. The lowest BCUT2D eigenvalue weighted by molar-refractivity contribution is 0.458. The Balaban J connectivity index is 1.86. The number of nitrogens with zero attached hydrogens (tertiary/aromatic N) is 3. The predicted molar refractivity (Wildman–Crippen MR) is 109 cm³/mol. The minimum Gasteiger partial charge on any atom is -0.744 e. The molecule has 0 radical (unpaired) electrons. The van der Waals surface area contributed by atoms with Crippen molar-refractivity contribution < 1.29 is 18.1 Å². The second kappa shape index (κ2) is 7.25. The van der Waals surface area contributed by atoms with E-state index in [9.17, 15) is 22.9 Å². The normalized spacial score (nSPS) is 12.1. The van der Waals surface area contributed by atoms with E-state index in [1.54, 1.807) is 43.3 Å². The van der Waals surface area contributed by atoms with Gasteiger partial charge in [0.15, 0.2) is 5.69 Å². The molecule has 10 heteroatoms. The summed E-state index contributed by atoms with van der Waals surface area (Å²) in [4.78, 5) is 12.2. The Morgan fingerprint density at radius 2 is 1.57 bits per heavy atom. The van der Waals surface area contributed by atoms with E-state index in [2.05, 4.69) is 15.3 Å². The van der Waals surface area contributed by atoms with Crippen LogP contribution in [-0.4, -0.2) is 27.9 Å². The van der Waals surface area contributed by atoms with Gasteiger partial charge >= 0.3 is 0 Å². The fraction of sp³-hybridized carbons (Fsp3) is 0.0500. The topological polar surface area (TPSA) is 140 Å². The molecule has 0 bridgehead atoms. The van der Waals surface area contributed by atoms with E-state index < -0.39 is 26.3 Å². The molecule has 0 saturated heterocycles. The number of phenolic OH excluding ortho intramolecular Hbond substituents is 1. The zero-order valence-corrected chi connectivity index (χ0v) is 16.4. The SMILES string of the molecule is Cc1[nH]n(-c2ccccc2)c(=O)c1N=Nc1c(O)cc(S(=O)(=O)[O-])c2ccccc12. The van der Waals surface area contributed by atoms with E-state index in [0.29, 0.717) is 11.4 Å². The van der Waals surface area contributed by atoms with Gasteiger partial charge in [-0.3, -0.25) is 9.89 Å². The molecule has 0 aliphatic rings. The van der Waals surface area contributed by atoms with Gasteiger partial charge in [-0.15, -0.1) is 10.2 Å². The molecule has 0 spiro atoms. The monoisotopic (exact) mass is 423 g/mol. The van der Waals surface area contributed by atoms with Crippen molar-refractivity contribution in [2.45, 2.75) is 11.8 Å². The minimum absolute atomic E-state index is 0.0304. The van der Waals surface area contributed by atoms with Crippen LogP contribution in [0.4, 0.5) is 11.4 Å². The summed E-state index contributed by atoms with van der Waals surface area (Å²) in [5.41, 5.74) is 0.609. The first-order valence-electron chi connectivity index (χ1n) is 8.77. The highest BCUT2D eigenvalue weighted by Gasteiger charge is 2.16. The number of fused-ring (bicyclic) bond motifs is 1. The third-order valence-corrected chi connectivity index (χ3v) is 5.41. The van der Waals surface area contributed by atoms with Crippen molar-refractivity contribution in [3.63, 3.8) is 0 Å². The number of phenols is 1. The molecular weight excluding hydrogens is 408 g/mol. The van der Waals surface area contributed by atoms with Gasteiger partial charge in [-0.25, -0.2) is 13.1 Å². The highest BCUT2D eigenvalue weighted by atomic mass is 32.2. The van der Waals surface area contributed by atoms with E-state index in [0.717, 1.165) is 6.07 Å².